The van der Waals surface area contributed by atoms with Crippen molar-refractivity contribution in [1.29, 1.82) is 5.26 Å². The number of thiophene rings is 1. The lowest BCUT2D eigenvalue weighted by atomic mass is 10.1. The molecule has 0 unspecified atom stereocenters. The fraction of sp³-hybridized carbons (Fsp3) is 0.214. The molecule has 0 aliphatic rings. The maximum Gasteiger partial charge on any atom is 0.147 e. The van der Waals surface area contributed by atoms with Crippen LogP contribution in [0.3, 0.4) is 0 Å². The normalized spacial score (nSPS) is 11.8. The number of nitrogens with zero attached hydrogens (tertiary/aromatic N) is 1. The molecule has 0 bridgehead atoms. The monoisotopic (exact) mass is 276 g/mol. The molecule has 1 heterocycles. The van der Waals surface area contributed by atoms with Crippen molar-refractivity contribution < 1.29 is 9.50 Å². The largest absolute Gasteiger partial charge is 0.396 e. The molecule has 2 aromatic rings. The third-order valence-corrected chi connectivity index (χ3v) is 3.72. The Labute approximate surface area is 114 Å². The van der Waals surface area contributed by atoms with Crippen LogP contribution in [-0.4, -0.2) is 11.7 Å². The molecule has 2 N–H and O–H groups in total. The minimum Gasteiger partial charge on any atom is -0.396 e. The standard InChI is InChI=1S/C14H13FN2OS/c15-11-8-10(9-16)3-4-12(11)17-13(5-6-18)14-2-1-7-19-14/h1-4,7-8,13,17-18H,5-6H2/t13-/m1/s1. The van der Waals surface area contributed by atoms with E-state index in [2.05, 4.69) is 5.32 Å². The molecule has 0 spiro atoms. The molecular weight excluding hydrogens is 263 g/mol. The van der Waals surface area contributed by atoms with E-state index in [1.54, 1.807) is 23.5 Å². The molecule has 1 aromatic carbocycles. The van der Waals surface area contributed by atoms with E-state index in [4.69, 9.17) is 10.4 Å². The summed E-state index contributed by atoms with van der Waals surface area (Å²) in [4.78, 5) is 1.04. The highest BCUT2D eigenvalue weighted by Crippen LogP contribution is 2.27. The number of halogens is 1. The second-order valence-corrected chi connectivity index (χ2v) is 5.01. The highest BCUT2D eigenvalue weighted by molar-refractivity contribution is 7.10. The van der Waals surface area contributed by atoms with Crippen molar-refractivity contribution in [1.82, 2.24) is 0 Å². The van der Waals surface area contributed by atoms with Crippen molar-refractivity contribution in [2.24, 2.45) is 0 Å². The summed E-state index contributed by atoms with van der Waals surface area (Å²) in [6.45, 7) is 0.0213. The van der Waals surface area contributed by atoms with Crippen LogP contribution >= 0.6 is 11.3 Å². The van der Waals surface area contributed by atoms with Gasteiger partial charge in [0.05, 0.1) is 23.4 Å². The summed E-state index contributed by atoms with van der Waals surface area (Å²) < 4.78 is 13.8. The Hall–Kier alpha value is -1.90. The maximum atomic E-state index is 13.8. The smallest absolute Gasteiger partial charge is 0.147 e. The molecule has 98 valence electrons. The average molecular weight is 276 g/mol. The van der Waals surface area contributed by atoms with Gasteiger partial charge in [-0.3, -0.25) is 0 Å². The Morgan fingerprint density at radius 2 is 2.26 bits per heavy atom. The first-order valence-electron chi connectivity index (χ1n) is 5.85. The van der Waals surface area contributed by atoms with E-state index in [9.17, 15) is 4.39 Å². The van der Waals surface area contributed by atoms with Crippen molar-refractivity contribution in [2.75, 3.05) is 11.9 Å². The highest BCUT2D eigenvalue weighted by atomic mass is 32.1. The molecule has 0 amide bonds. The third kappa shape index (κ3) is 3.31. The van der Waals surface area contributed by atoms with E-state index in [-0.39, 0.29) is 18.2 Å². The van der Waals surface area contributed by atoms with Gasteiger partial charge in [-0.1, -0.05) is 6.07 Å². The summed E-state index contributed by atoms with van der Waals surface area (Å²) in [6, 6.07) is 9.94. The Morgan fingerprint density at radius 3 is 2.84 bits per heavy atom. The van der Waals surface area contributed by atoms with Gasteiger partial charge in [0.25, 0.3) is 0 Å². The number of aliphatic hydroxyl groups is 1. The molecule has 0 fully saturated rings. The van der Waals surface area contributed by atoms with Gasteiger partial charge in [-0.15, -0.1) is 11.3 Å². The fourth-order valence-corrected chi connectivity index (χ4v) is 2.61. The van der Waals surface area contributed by atoms with E-state index in [1.807, 2.05) is 23.6 Å². The lowest BCUT2D eigenvalue weighted by Crippen LogP contribution is -2.12. The summed E-state index contributed by atoms with van der Waals surface area (Å²) in [5.74, 6) is -0.460. The van der Waals surface area contributed by atoms with Crippen molar-refractivity contribution in [3.05, 3.63) is 52.0 Å². The first kappa shape index (κ1) is 13.5. The first-order valence-corrected chi connectivity index (χ1v) is 6.73. The number of hydrogen-bond donors (Lipinski definition) is 2. The van der Waals surface area contributed by atoms with Crippen LogP contribution in [0.1, 0.15) is 22.9 Å². The van der Waals surface area contributed by atoms with Crippen molar-refractivity contribution in [3.63, 3.8) is 0 Å². The molecule has 3 nitrogen and oxygen atoms in total. The number of benzene rings is 1. The summed E-state index contributed by atoms with van der Waals surface area (Å²) >= 11 is 1.56. The van der Waals surface area contributed by atoms with Crippen LogP contribution in [0.5, 0.6) is 0 Å². The van der Waals surface area contributed by atoms with Crippen LogP contribution in [-0.2, 0) is 0 Å². The molecule has 0 aliphatic carbocycles. The van der Waals surface area contributed by atoms with Gasteiger partial charge in [0, 0.05) is 11.5 Å². The zero-order chi connectivity index (χ0) is 13.7. The van der Waals surface area contributed by atoms with E-state index in [1.165, 1.54) is 6.07 Å². The summed E-state index contributed by atoms with van der Waals surface area (Å²) in [7, 11) is 0. The molecule has 5 heteroatoms. The zero-order valence-corrected chi connectivity index (χ0v) is 11.0. The van der Waals surface area contributed by atoms with Gasteiger partial charge in [0.15, 0.2) is 0 Å². The predicted octanol–water partition coefficient (Wildman–Crippen LogP) is 3.29. The molecular formula is C14H13FN2OS. The number of hydrogen-bond acceptors (Lipinski definition) is 4. The van der Waals surface area contributed by atoms with Gasteiger partial charge in [-0.05, 0) is 36.1 Å². The van der Waals surface area contributed by atoms with E-state index in [0.29, 0.717) is 12.1 Å². The van der Waals surface area contributed by atoms with Crippen LogP contribution < -0.4 is 5.32 Å². The van der Waals surface area contributed by atoms with Crippen molar-refractivity contribution >= 4 is 17.0 Å². The van der Waals surface area contributed by atoms with Gasteiger partial charge in [0.2, 0.25) is 0 Å². The van der Waals surface area contributed by atoms with Gasteiger partial charge in [0.1, 0.15) is 5.82 Å². The second-order valence-electron chi connectivity index (χ2n) is 4.03. The number of nitriles is 1. The Kier molecular flexibility index (Phi) is 4.50. The Balaban J connectivity index is 2.20. The van der Waals surface area contributed by atoms with Crippen LogP contribution in [0.15, 0.2) is 35.7 Å². The van der Waals surface area contributed by atoms with Crippen LogP contribution in [0.25, 0.3) is 0 Å². The van der Waals surface area contributed by atoms with E-state index in [0.717, 1.165) is 4.88 Å². The van der Waals surface area contributed by atoms with Gasteiger partial charge in [-0.25, -0.2) is 4.39 Å². The minimum absolute atomic E-state index is 0.0213. The summed E-state index contributed by atoms with van der Waals surface area (Å²) in [5, 5.41) is 22.8. The van der Waals surface area contributed by atoms with Gasteiger partial charge >= 0.3 is 0 Å². The van der Waals surface area contributed by atoms with E-state index >= 15 is 0 Å². The Morgan fingerprint density at radius 1 is 1.42 bits per heavy atom. The van der Waals surface area contributed by atoms with Crippen LogP contribution in [0.2, 0.25) is 0 Å². The summed E-state index contributed by atoms with van der Waals surface area (Å²) in [6.07, 6.45) is 0.500. The first-order chi connectivity index (χ1) is 9.24. The van der Waals surface area contributed by atoms with E-state index < -0.39 is 5.82 Å². The lowest BCUT2D eigenvalue weighted by molar-refractivity contribution is 0.280. The topological polar surface area (TPSA) is 56.0 Å². The molecule has 0 aliphatic heterocycles. The fourth-order valence-electron chi connectivity index (χ4n) is 1.79. The molecule has 0 saturated heterocycles. The molecule has 19 heavy (non-hydrogen) atoms. The maximum absolute atomic E-state index is 13.8. The number of anilines is 1. The molecule has 1 atom stereocenters. The quantitative estimate of drug-likeness (QED) is 0.881. The third-order valence-electron chi connectivity index (χ3n) is 2.73. The molecule has 2 rings (SSSR count). The SMILES string of the molecule is N#Cc1ccc(N[C@H](CCO)c2cccs2)c(F)c1. The minimum atomic E-state index is -0.460. The Bertz CT molecular complexity index is 578. The van der Waals surface area contributed by atoms with Crippen LogP contribution in [0.4, 0.5) is 10.1 Å². The van der Waals surface area contributed by atoms with Crippen LogP contribution in [0, 0.1) is 17.1 Å². The highest BCUT2D eigenvalue weighted by Gasteiger charge is 2.14. The summed E-state index contributed by atoms with van der Waals surface area (Å²) in [5.41, 5.74) is 0.628. The molecule has 1 aromatic heterocycles. The number of nitrogens with one attached hydrogen (secondary N) is 1. The van der Waals surface area contributed by atoms with Gasteiger partial charge in [-0.2, -0.15) is 5.26 Å². The number of aliphatic hydroxyl groups excluding tert-OH is 1. The molecule has 0 radical (unpaired) electrons. The zero-order valence-electron chi connectivity index (χ0n) is 10.1. The van der Waals surface area contributed by atoms with Gasteiger partial charge < -0.3 is 10.4 Å². The predicted molar refractivity (Wildman–Crippen MR) is 73.5 cm³/mol. The average Bonchev–Trinajstić information content (AvgIpc) is 2.94. The number of rotatable bonds is 5. The second kappa shape index (κ2) is 6.32. The lowest BCUT2D eigenvalue weighted by Gasteiger charge is -2.18. The molecule has 0 saturated carbocycles. The van der Waals surface area contributed by atoms with Crippen molar-refractivity contribution in [2.45, 2.75) is 12.5 Å². The van der Waals surface area contributed by atoms with Crippen molar-refractivity contribution in [3.8, 4) is 6.07 Å².